The van der Waals surface area contributed by atoms with E-state index in [-0.39, 0.29) is 24.8 Å². The molecule has 2 atom stereocenters. The summed E-state index contributed by atoms with van der Waals surface area (Å²) in [6, 6.07) is 19.3. The molecule has 2 saturated carbocycles. The summed E-state index contributed by atoms with van der Waals surface area (Å²) in [6.45, 7) is 5.08. The minimum absolute atomic E-state index is 0. The molecule has 0 amide bonds. The summed E-state index contributed by atoms with van der Waals surface area (Å²) in [7, 11) is 0. The molecule has 6 rings (SSSR count). The zero-order chi connectivity index (χ0) is 25.2. The van der Waals surface area contributed by atoms with Crippen LogP contribution in [0.3, 0.4) is 0 Å². The van der Waals surface area contributed by atoms with Crippen molar-refractivity contribution in [2.75, 3.05) is 0 Å². The van der Waals surface area contributed by atoms with Gasteiger partial charge in [0.05, 0.1) is 0 Å². The van der Waals surface area contributed by atoms with E-state index in [2.05, 4.69) is 80.6 Å². The van der Waals surface area contributed by atoms with Gasteiger partial charge in [0.15, 0.2) is 0 Å². The Kier molecular flexibility index (Phi) is 15.6. The average molecular weight is 627 g/mol. The summed E-state index contributed by atoms with van der Waals surface area (Å²) in [5, 5.41) is 5.39. The first-order valence-electron chi connectivity index (χ1n) is 14.5. The molecule has 3 aromatic carbocycles. The fourth-order valence-electron chi connectivity index (χ4n) is 6.43. The van der Waals surface area contributed by atoms with Gasteiger partial charge in [-0.05, 0) is 0 Å². The van der Waals surface area contributed by atoms with Crippen LogP contribution in [0.4, 0.5) is 0 Å². The van der Waals surface area contributed by atoms with Gasteiger partial charge in [-0.2, -0.15) is 6.08 Å². The van der Waals surface area contributed by atoms with Gasteiger partial charge in [-0.1, -0.05) is 36.4 Å². The van der Waals surface area contributed by atoms with Crippen molar-refractivity contribution in [1.29, 1.82) is 0 Å². The molecule has 3 heteroatoms. The molecule has 3 aromatic rings. The number of hydrogen-bond donors (Lipinski definition) is 0. The van der Waals surface area contributed by atoms with E-state index in [1.54, 1.807) is 24.2 Å². The normalized spacial score (nSPS) is 18.8. The molecule has 0 spiro atoms. The van der Waals surface area contributed by atoms with Crippen molar-refractivity contribution < 1.29 is 49.0 Å². The molecule has 3 aliphatic rings. The first-order valence-corrected chi connectivity index (χ1v) is 15.7. The van der Waals surface area contributed by atoms with Crippen molar-refractivity contribution in [2.24, 2.45) is 23.7 Å². The Labute approximate surface area is 259 Å². The molecule has 0 N–H and O–H groups in total. The quantitative estimate of drug-likeness (QED) is 0.382. The predicted molar refractivity (Wildman–Crippen MR) is 155 cm³/mol. The zero-order valence-electron chi connectivity index (χ0n) is 23.3. The number of hydrogen-bond acceptors (Lipinski definition) is 0. The second-order valence-electron chi connectivity index (χ2n) is 11.2. The second kappa shape index (κ2) is 17.7. The van der Waals surface area contributed by atoms with Crippen LogP contribution in [0.25, 0.3) is 21.5 Å². The Morgan fingerprint density at radius 1 is 0.737 bits per heavy atom. The number of fused-ring (bicyclic) bond motifs is 3. The van der Waals surface area contributed by atoms with Crippen LogP contribution in [0, 0.1) is 29.7 Å². The van der Waals surface area contributed by atoms with E-state index in [0.29, 0.717) is 0 Å². The van der Waals surface area contributed by atoms with Crippen LogP contribution >= 0.6 is 0 Å². The Hall–Kier alpha value is -0.877. The van der Waals surface area contributed by atoms with Crippen molar-refractivity contribution in [3.05, 3.63) is 78.9 Å². The SMILES string of the molecule is CC([C](=[Zr+2])C(C)C1CCCCC1)C1CCCCC1.[C-]1=CC=CC1.[Cl-].[Cl-].c1ccc2c(c1)[cH-]c1ccccc12. The summed E-state index contributed by atoms with van der Waals surface area (Å²) in [6.07, 6.45) is 25.0. The Balaban J connectivity index is 0.000000221. The molecule has 3 aliphatic carbocycles. The molecule has 38 heavy (non-hydrogen) atoms. The standard InChI is InChI=1S/C17H30.C13H9.C5H5.2ClH.Zr/c1-14(16-9-5-3-6-10-16)13-15(2)17-11-7-4-8-12-17;1-3-7-12-10(5-1)9-11-6-2-4-8-13(11)12;1-2-4-5-3-1;;;/h14-17H,3-12H2,1-2H3;1-9H;1-3H,4H2;2*1H;/q;2*-1;;;+2/p-2. The molecule has 0 radical (unpaired) electrons. The van der Waals surface area contributed by atoms with Crippen molar-refractivity contribution in [3.8, 4) is 0 Å². The van der Waals surface area contributed by atoms with E-state index >= 15 is 0 Å². The minimum Gasteiger partial charge on any atom is -1.00 e. The number of halogens is 2. The van der Waals surface area contributed by atoms with Gasteiger partial charge in [-0.3, -0.25) is 6.08 Å². The van der Waals surface area contributed by atoms with Gasteiger partial charge in [0, 0.05) is 0 Å². The maximum absolute atomic E-state index is 2.99. The summed E-state index contributed by atoms with van der Waals surface area (Å²) in [5.41, 5.74) is 0. The van der Waals surface area contributed by atoms with Gasteiger partial charge < -0.3 is 24.8 Å². The van der Waals surface area contributed by atoms with Crippen molar-refractivity contribution >= 4 is 24.8 Å². The zero-order valence-corrected chi connectivity index (χ0v) is 27.2. The summed E-state index contributed by atoms with van der Waals surface area (Å²) < 4.78 is 1.92. The van der Waals surface area contributed by atoms with E-state index in [9.17, 15) is 0 Å². The molecule has 0 aromatic heterocycles. The Morgan fingerprint density at radius 2 is 1.18 bits per heavy atom. The number of allylic oxidation sites excluding steroid dienone is 4. The van der Waals surface area contributed by atoms with Gasteiger partial charge in [-0.25, -0.2) is 12.2 Å². The molecule has 0 aliphatic heterocycles. The third-order valence-corrected chi connectivity index (χ3v) is 11.0. The first-order chi connectivity index (χ1) is 17.6. The monoisotopic (exact) mass is 624 g/mol. The van der Waals surface area contributed by atoms with Crippen LogP contribution < -0.4 is 24.8 Å². The van der Waals surface area contributed by atoms with E-state index in [1.807, 2.05) is 15.4 Å². The second-order valence-corrected chi connectivity index (χ2v) is 12.6. The van der Waals surface area contributed by atoms with Gasteiger partial charge >= 0.3 is 129 Å². The minimum atomic E-state index is 0. The number of benzene rings is 2. The van der Waals surface area contributed by atoms with Crippen LogP contribution in [0.1, 0.15) is 84.5 Å². The Morgan fingerprint density at radius 3 is 1.55 bits per heavy atom. The molecule has 0 nitrogen and oxygen atoms in total. The largest absolute Gasteiger partial charge is 1.00 e. The van der Waals surface area contributed by atoms with Crippen LogP contribution in [-0.2, 0) is 24.2 Å². The molecule has 2 unspecified atom stereocenters. The molecular formula is C35H44Cl2Zr-2. The van der Waals surface area contributed by atoms with Crippen LogP contribution in [0.2, 0.25) is 0 Å². The van der Waals surface area contributed by atoms with E-state index in [1.165, 1.54) is 85.8 Å². The average Bonchev–Trinajstić information content (AvgIpc) is 3.65. The molecule has 0 heterocycles. The molecule has 0 saturated heterocycles. The van der Waals surface area contributed by atoms with Gasteiger partial charge in [-0.15, -0.1) is 46.2 Å². The molecule has 204 valence electrons. The smallest absolute Gasteiger partial charge is 0.0771 e. The van der Waals surface area contributed by atoms with E-state index in [0.717, 1.165) is 30.1 Å². The summed E-state index contributed by atoms with van der Waals surface area (Å²) >= 11 is 1.74. The summed E-state index contributed by atoms with van der Waals surface area (Å²) in [5.74, 6) is 3.89. The van der Waals surface area contributed by atoms with Crippen molar-refractivity contribution in [3.63, 3.8) is 0 Å². The maximum Gasteiger partial charge on any atom is -0.0771 e. The van der Waals surface area contributed by atoms with Crippen LogP contribution in [0.15, 0.2) is 72.8 Å². The van der Waals surface area contributed by atoms with Gasteiger partial charge in [0.2, 0.25) is 0 Å². The molecular weight excluding hydrogens is 583 g/mol. The fourth-order valence-corrected chi connectivity index (χ4v) is 7.59. The fraction of sp³-hybridized carbons (Fsp3) is 0.486. The van der Waals surface area contributed by atoms with Crippen molar-refractivity contribution in [2.45, 2.75) is 84.5 Å². The first kappa shape index (κ1) is 33.3. The van der Waals surface area contributed by atoms with Crippen LogP contribution in [-0.4, -0.2) is 3.21 Å². The van der Waals surface area contributed by atoms with Gasteiger partial charge in [0.1, 0.15) is 0 Å². The van der Waals surface area contributed by atoms with Gasteiger partial charge in [0.25, 0.3) is 0 Å². The Bertz CT molecular complexity index is 1060. The maximum atomic E-state index is 2.99. The van der Waals surface area contributed by atoms with Crippen LogP contribution in [0.5, 0.6) is 0 Å². The van der Waals surface area contributed by atoms with E-state index < -0.39 is 0 Å². The van der Waals surface area contributed by atoms with E-state index in [4.69, 9.17) is 0 Å². The van der Waals surface area contributed by atoms with Crippen molar-refractivity contribution in [1.82, 2.24) is 0 Å². The predicted octanol–water partition coefficient (Wildman–Crippen LogP) is 4.16. The third kappa shape index (κ3) is 9.35. The molecule has 2 fully saturated rings. The third-order valence-electron chi connectivity index (χ3n) is 8.80. The topological polar surface area (TPSA) is 0 Å². The molecule has 0 bridgehead atoms. The summed E-state index contributed by atoms with van der Waals surface area (Å²) in [4.78, 5) is 0. The number of rotatable bonds is 4.